The van der Waals surface area contributed by atoms with Crippen LogP contribution in [-0.4, -0.2) is 36.4 Å². The largest absolute Gasteiger partial charge is 0.496 e. The van der Waals surface area contributed by atoms with Crippen LogP contribution in [0.2, 0.25) is 4.34 Å². The molecule has 1 N–H and O–H groups in total. The molecule has 0 aliphatic carbocycles. The van der Waals surface area contributed by atoms with Crippen molar-refractivity contribution in [3.8, 4) is 5.75 Å². The van der Waals surface area contributed by atoms with Crippen molar-refractivity contribution in [2.45, 2.75) is 6.54 Å². The number of nitro groups is 1. The van der Waals surface area contributed by atoms with E-state index in [2.05, 4.69) is 5.32 Å². The van der Waals surface area contributed by atoms with Crippen LogP contribution in [-0.2, 0) is 11.3 Å². The lowest BCUT2D eigenvalue weighted by atomic mass is 10.2. The van der Waals surface area contributed by atoms with Gasteiger partial charge in [-0.1, -0.05) is 11.6 Å². The maximum absolute atomic E-state index is 12.1. The molecule has 0 aliphatic heterocycles. The number of methoxy groups -OCH3 is 1. The van der Waals surface area contributed by atoms with Crippen molar-refractivity contribution in [1.82, 2.24) is 4.90 Å². The second-order valence-corrected chi connectivity index (χ2v) is 6.87. The number of rotatable bonds is 7. The fourth-order valence-electron chi connectivity index (χ4n) is 2.09. The summed E-state index contributed by atoms with van der Waals surface area (Å²) < 4.78 is 5.65. The maximum Gasteiger partial charge on any atom is 0.296 e. The van der Waals surface area contributed by atoms with E-state index in [-0.39, 0.29) is 23.8 Å². The Kier molecular flexibility index (Phi) is 6.13. The molecule has 0 unspecified atom stereocenters. The van der Waals surface area contributed by atoms with E-state index in [4.69, 9.17) is 16.3 Å². The van der Waals surface area contributed by atoms with Crippen LogP contribution in [0.3, 0.4) is 0 Å². The number of thiophene rings is 1. The Hall–Kier alpha value is -2.16. The number of nitro benzene ring substituents is 1. The zero-order valence-electron chi connectivity index (χ0n) is 13.1. The summed E-state index contributed by atoms with van der Waals surface area (Å²) in [5.41, 5.74) is -0.0752. The molecule has 1 heterocycles. The number of benzene rings is 1. The molecule has 2 rings (SSSR count). The number of nitrogens with zero attached hydrogens (tertiary/aromatic N) is 2. The molecule has 0 aliphatic rings. The number of amides is 1. The van der Waals surface area contributed by atoms with Crippen molar-refractivity contribution in [2.24, 2.45) is 0 Å². The van der Waals surface area contributed by atoms with E-state index >= 15 is 0 Å². The highest BCUT2D eigenvalue weighted by Crippen LogP contribution is 2.29. The van der Waals surface area contributed by atoms with Gasteiger partial charge in [-0.05, 0) is 31.3 Å². The van der Waals surface area contributed by atoms with Gasteiger partial charge in [0.25, 0.3) is 5.69 Å². The molecule has 0 fully saturated rings. The van der Waals surface area contributed by atoms with Gasteiger partial charge in [0.2, 0.25) is 5.91 Å². The third kappa shape index (κ3) is 4.92. The molecule has 0 atom stereocenters. The van der Waals surface area contributed by atoms with Gasteiger partial charge in [0.15, 0.2) is 0 Å². The molecule has 0 spiro atoms. The van der Waals surface area contributed by atoms with E-state index in [0.717, 1.165) is 4.88 Å². The molecule has 1 amide bonds. The summed E-state index contributed by atoms with van der Waals surface area (Å²) in [5, 5.41) is 13.7. The van der Waals surface area contributed by atoms with Crippen LogP contribution in [0, 0.1) is 10.1 Å². The van der Waals surface area contributed by atoms with E-state index in [9.17, 15) is 14.9 Å². The van der Waals surface area contributed by atoms with E-state index in [1.807, 2.05) is 6.07 Å². The van der Waals surface area contributed by atoms with Gasteiger partial charge < -0.3 is 10.1 Å². The molecular weight excluding hydrogens is 354 g/mol. The molecule has 128 valence electrons. The van der Waals surface area contributed by atoms with E-state index in [1.165, 1.54) is 30.6 Å². The van der Waals surface area contributed by atoms with Crippen LogP contribution in [0.5, 0.6) is 5.75 Å². The van der Waals surface area contributed by atoms with Crippen molar-refractivity contribution >= 4 is 40.2 Å². The number of carbonyl (C=O) groups excluding carboxylic acids is 1. The number of ether oxygens (including phenoxy) is 1. The molecule has 0 bridgehead atoms. The molecule has 7 nitrogen and oxygen atoms in total. The van der Waals surface area contributed by atoms with Crippen LogP contribution in [0.25, 0.3) is 0 Å². The number of halogens is 1. The average molecular weight is 370 g/mol. The fourth-order valence-corrected chi connectivity index (χ4v) is 3.26. The summed E-state index contributed by atoms with van der Waals surface area (Å²) in [7, 11) is 3.21. The number of anilines is 1. The number of hydrogen-bond acceptors (Lipinski definition) is 6. The van der Waals surface area contributed by atoms with Crippen LogP contribution in [0.15, 0.2) is 30.3 Å². The van der Waals surface area contributed by atoms with E-state index in [0.29, 0.717) is 16.6 Å². The van der Waals surface area contributed by atoms with Gasteiger partial charge in [-0.2, -0.15) is 0 Å². The van der Waals surface area contributed by atoms with Crippen LogP contribution < -0.4 is 10.1 Å². The van der Waals surface area contributed by atoms with Gasteiger partial charge in [-0.15, -0.1) is 11.3 Å². The fraction of sp³-hybridized carbons (Fsp3) is 0.267. The number of carbonyl (C=O) groups is 1. The Labute approximate surface area is 147 Å². The normalized spacial score (nSPS) is 10.7. The Bertz CT molecular complexity index is 750. The highest BCUT2D eigenvalue weighted by Gasteiger charge is 2.18. The van der Waals surface area contributed by atoms with Gasteiger partial charge in [0.05, 0.1) is 29.0 Å². The summed E-state index contributed by atoms with van der Waals surface area (Å²) in [4.78, 5) is 25.5. The third-order valence-corrected chi connectivity index (χ3v) is 4.36. The lowest BCUT2D eigenvalue weighted by molar-refractivity contribution is -0.384. The summed E-state index contributed by atoms with van der Waals surface area (Å²) in [6.07, 6.45) is 0. The molecule has 9 heteroatoms. The standard InChI is InChI=1S/C15H16ClN3O4S/c1-18(8-11-4-6-14(16)24-11)9-15(20)17-12-5-3-10(23-2)7-13(12)19(21)22/h3-7H,8-9H2,1-2H3,(H,17,20). The van der Waals surface area contributed by atoms with Gasteiger partial charge in [-0.3, -0.25) is 19.8 Å². The Morgan fingerprint density at radius 3 is 2.75 bits per heavy atom. The van der Waals surface area contributed by atoms with Gasteiger partial charge in [0.1, 0.15) is 11.4 Å². The highest BCUT2D eigenvalue weighted by atomic mass is 35.5. The second kappa shape index (κ2) is 8.09. The number of likely N-dealkylation sites (N-methyl/N-ethyl adjacent to an activating group) is 1. The smallest absolute Gasteiger partial charge is 0.296 e. The van der Waals surface area contributed by atoms with Crippen molar-refractivity contribution in [3.63, 3.8) is 0 Å². The first kappa shape index (κ1) is 18.2. The average Bonchev–Trinajstić information content (AvgIpc) is 2.92. The SMILES string of the molecule is COc1ccc(NC(=O)CN(C)Cc2ccc(Cl)s2)c([N+](=O)[O-])c1. The molecule has 2 aromatic rings. The predicted octanol–water partition coefficient (Wildman–Crippen LogP) is 3.39. The Morgan fingerprint density at radius 1 is 1.42 bits per heavy atom. The van der Waals surface area contributed by atoms with E-state index in [1.54, 1.807) is 24.1 Å². The minimum Gasteiger partial charge on any atom is -0.496 e. The minimum absolute atomic E-state index is 0.0959. The molecule has 1 aromatic carbocycles. The summed E-state index contributed by atoms with van der Waals surface area (Å²) in [6, 6.07) is 7.98. The summed E-state index contributed by atoms with van der Waals surface area (Å²) in [5.74, 6) is 0.0137. The second-order valence-electron chi connectivity index (χ2n) is 5.07. The van der Waals surface area contributed by atoms with Crippen LogP contribution in [0.4, 0.5) is 11.4 Å². The van der Waals surface area contributed by atoms with Gasteiger partial charge >= 0.3 is 0 Å². The van der Waals surface area contributed by atoms with Crippen LogP contribution >= 0.6 is 22.9 Å². The summed E-state index contributed by atoms with van der Waals surface area (Å²) >= 11 is 7.32. The van der Waals surface area contributed by atoms with E-state index < -0.39 is 4.92 Å². The van der Waals surface area contributed by atoms with Crippen LogP contribution in [0.1, 0.15) is 4.88 Å². The first-order valence-corrected chi connectivity index (χ1v) is 8.13. The Morgan fingerprint density at radius 2 is 2.17 bits per heavy atom. The molecule has 0 saturated carbocycles. The lowest BCUT2D eigenvalue weighted by Gasteiger charge is -2.15. The quantitative estimate of drug-likeness (QED) is 0.597. The predicted molar refractivity (Wildman–Crippen MR) is 93.9 cm³/mol. The van der Waals surface area contributed by atoms with Gasteiger partial charge in [-0.25, -0.2) is 0 Å². The minimum atomic E-state index is -0.560. The number of hydrogen-bond donors (Lipinski definition) is 1. The topological polar surface area (TPSA) is 84.7 Å². The maximum atomic E-state index is 12.1. The summed E-state index contributed by atoms with van der Waals surface area (Å²) in [6.45, 7) is 0.661. The molecule has 24 heavy (non-hydrogen) atoms. The molecule has 0 saturated heterocycles. The monoisotopic (exact) mass is 369 g/mol. The highest BCUT2D eigenvalue weighted by molar-refractivity contribution is 7.16. The number of nitrogens with one attached hydrogen (secondary N) is 1. The van der Waals surface area contributed by atoms with Crippen molar-refractivity contribution < 1.29 is 14.5 Å². The first-order valence-electron chi connectivity index (χ1n) is 6.94. The third-order valence-electron chi connectivity index (χ3n) is 3.14. The van der Waals surface area contributed by atoms with Crippen molar-refractivity contribution in [2.75, 3.05) is 26.0 Å². The first-order chi connectivity index (χ1) is 11.4. The molecular formula is C15H16ClN3O4S. The lowest BCUT2D eigenvalue weighted by Crippen LogP contribution is -2.29. The Balaban J connectivity index is 2.00. The zero-order valence-corrected chi connectivity index (χ0v) is 14.7. The van der Waals surface area contributed by atoms with Gasteiger partial charge in [0, 0.05) is 11.4 Å². The van der Waals surface area contributed by atoms with Crippen molar-refractivity contribution in [3.05, 3.63) is 49.7 Å². The molecule has 0 radical (unpaired) electrons. The van der Waals surface area contributed by atoms with Crippen molar-refractivity contribution in [1.29, 1.82) is 0 Å². The zero-order chi connectivity index (χ0) is 17.7. The molecule has 1 aromatic heterocycles.